The van der Waals surface area contributed by atoms with Gasteiger partial charge in [-0.3, -0.25) is 0 Å². The van der Waals surface area contributed by atoms with Gasteiger partial charge in [0.2, 0.25) is 0 Å². The van der Waals surface area contributed by atoms with Gasteiger partial charge in [0.25, 0.3) is 0 Å². The van der Waals surface area contributed by atoms with Crippen molar-refractivity contribution in [2.75, 3.05) is 0 Å². The summed E-state index contributed by atoms with van der Waals surface area (Å²) in [7, 11) is 0. The van der Waals surface area contributed by atoms with Gasteiger partial charge in [0.1, 0.15) is 6.07 Å². The lowest BCUT2D eigenvalue weighted by Crippen LogP contribution is -2.00. The molecule has 0 amide bonds. The fourth-order valence-corrected chi connectivity index (χ4v) is 2.65. The minimum Gasteiger partial charge on any atom is -0.317 e. The van der Waals surface area contributed by atoms with Crippen molar-refractivity contribution in [1.82, 2.24) is 4.57 Å². The first-order valence-corrected chi connectivity index (χ1v) is 6.29. The maximum atomic E-state index is 9.15. The zero-order valence-corrected chi connectivity index (χ0v) is 11.0. The Morgan fingerprint density at radius 3 is 2.47 bits per heavy atom. The summed E-state index contributed by atoms with van der Waals surface area (Å²) in [5.74, 6) is 0. The van der Waals surface area contributed by atoms with Gasteiger partial charge in [0.15, 0.2) is 0 Å². The fourth-order valence-electron chi connectivity index (χ4n) is 2.65. The molecule has 2 aromatic carbocycles. The zero-order valence-electron chi connectivity index (χ0n) is 11.0. The van der Waals surface area contributed by atoms with Gasteiger partial charge < -0.3 is 4.57 Å². The van der Waals surface area contributed by atoms with Crippen LogP contribution in [0.5, 0.6) is 0 Å². The smallest absolute Gasteiger partial charge is 0.101 e. The Hall–Kier alpha value is -2.53. The van der Waals surface area contributed by atoms with Crippen LogP contribution >= 0.6 is 0 Å². The number of hydrogen-bond acceptors (Lipinski definition) is 1. The second-order valence-electron chi connectivity index (χ2n) is 4.73. The number of rotatable bonds is 1. The number of benzene rings is 2. The number of fused-ring (bicyclic) bond motifs is 1. The SMILES string of the molecule is Cc1cc(C#N)c(C)n1-c1cccc2ccccc12. The molecule has 2 nitrogen and oxygen atoms in total. The summed E-state index contributed by atoms with van der Waals surface area (Å²) in [6.07, 6.45) is 0. The van der Waals surface area contributed by atoms with E-state index < -0.39 is 0 Å². The average molecular weight is 246 g/mol. The van der Waals surface area contributed by atoms with Crippen LogP contribution in [0.3, 0.4) is 0 Å². The van der Waals surface area contributed by atoms with Crippen molar-refractivity contribution in [3.8, 4) is 11.8 Å². The van der Waals surface area contributed by atoms with E-state index in [2.05, 4.69) is 41.0 Å². The molecular weight excluding hydrogens is 232 g/mol. The van der Waals surface area contributed by atoms with Crippen LogP contribution in [0.25, 0.3) is 16.5 Å². The van der Waals surface area contributed by atoms with Crippen LogP contribution in [0, 0.1) is 25.2 Å². The Morgan fingerprint density at radius 1 is 1.00 bits per heavy atom. The standard InChI is InChI=1S/C17H14N2/c1-12-10-15(11-18)13(2)19(12)17-9-5-7-14-6-3-4-8-16(14)17/h3-10H,1-2H3. The van der Waals surface area contributed by atoms with Crippen molar-refractivity contribution in [3.63, 3.8) is 0 Å². The van der Waals surface area contributed by atoms with Crippen molar-refractivity contribution < 1.29 is 0 Å². The maximum Gasteiger partial charge on any atom is 0.101 e. The van der Waals surface area contributed by atoms with Gasteiger partial charge in [-0.1, -0.05) is 36.4 Å². The molecule has 2 heteroatoms. The van der Waals surface area contributed by atoms with E-state index >= 15 is 0 Å². The van der Waals surface area contributed by atoms with E-state index in [1.54, 1.807) is 0 Å². The van der Waals surface area contributed by atoms with Crippen LogP contribution in [0.15, 0.2) is 48.5 Å². The Balaban J connectivity index is 2.38. The highest BCUT2D eigenvalue weighted by molar-refractivity contribution is 5.90. The molecule has 0 atom stereocenters. The molecule has 0 aliphatic rings. The molecule has 0 unspecified atom stereocenters. The third-order valence-electron chi connectivity index (χ3n) is 3.56. The van der Waals surface area contributed by atoms with Crippen LogP contribution < -0.4 is 0 Å². The van der Waals surface area contributed by atoms with Crippen molar-refractivity contribution in [3.05, 3.63) is 65.5 Å². The number of nitrogens with zero attached hydrogens (tertiary/aromatic N) is 2. The van der Waals surface area contributed by atoms with Crippen LogP contribution in [0.1, 0.15) is 17.0 Å². The Bertz CT molecular complexity index is 798. The topological polar surface area (TPSA) is 28.7 Å². The van der Waals surface area contributed by atoms with Crippen molar-refractivity contribution in [2.24, 2.45) is 0 Å². The molecule has 0 saturated heterocycles. The monoisotopic (exact) mass is 246 g/mol. The minimum absolute atomic E-state index is 0.741. The lowest BCUT2D eigenvalue weighted by Gasteiger charge is -2.12. The van der Waals surface area contributed by atoms with Crippen molar-refractivity contribution in [1.29, 1.82) is 5.26 Å². The molecule has 3 aromatic rings. The molecule has 0 N–H and O–H groups in total. The predicted octanol–water partition coefficient (Wildman–Crippen LogP) is 4.12. The summed E-state index contributed by atoms with van der Waals surface area (Å²) in [5.41, 5.74) is 3.96. The minimum atomic E-state index is 0.741. The molecule has 1 heterocycles. The molecule has 0 radical (unpaired) electrons. The lowest BCUT2D eigenvalue weighted by atomic mass is 10.1. The summed E-state index contributed by atoms with van der Waals surface area (Å²) in [5, 5.41) is 11.6. The fraction of sp³-hybridized carbons (Fsp3) is 0.118. The molecule has 0 aliphatic carbocycles. The molecule has 92 valence electrons. The largest absolute Gasteiger partial charge is 0.317 e. The summed E-state index contributed by atoms with van der Waals surface area (Å²) < 4.78 is 2.15. The highest BCUT2D eigenvalue weighted by Crippen LogP contribution is 2.26. The Kier molecular flexibility index (Phi) is 2.61. The second kappa shape index (κ2) is 4.29. The summed E-state index contributed by atoms with van der Waals surface area (Å²) in [6.45, 7) is 4.03. The van der Waals surface area contributed by atoms with Crippen molar-refractivity contribution in [2.45, 2.75) is 13.8 Å². The van der Waals surface area contributed by atoms with Gasteiger partial charge in [0, 0.05) is 16.8 Å². The predicted molar refractivity (Wildman–Crippen MR) is 77.5 cm³/mol. The van der Waals surface area contributed by atoms with E-state index in [1.807, 2.05) is 32.0 Å². The maximum absolute atomic E-state index is 9.15. The van der Waals surface area contributed by atoms with Gasteiger partial charge >= 0.3 is 0 Å². The van der Waals surface area contributed by atoms with Crippen molar-refractivity contribution >= 4 is 10.8 Å². The molecule has 0 bridgehead atoms. The molecule has 3 rings (SSSR count). The molecule has 0 spiro atoms. The van der Waals surface area contributed by atoms with Gasteiger partial charge in [0.05, 0.1) is 11.3 Å². The highest BCUT2D eigenvalue weighted by Gasteiger charge is 2.11. The molecule has 0 aliphatic heterocycles. The summed E-state index contributed by atoms with van der Waals surface area (Å²) >= 11 is 0. The first-order chi connectivity index (χ1) is 9.22. The number of aryl methyl sites for hydroxylation is 1. The Labute approximate surface area is 112 Å². The van der Waals surface area contributed by atoms with Crippen LogP contribution in [-0.4, -0.2) is 4.57 Å². The van der Waals surface area contributed by atoms with Crippen LogP contribution in [-0.2, 0) is 0 Å². The summed E-state index contributed by atoms with van der Waals surface area (Å²) in [6, 6.07) is 18.8. The van der Waals surface area contributed by atoms with Crippen LogP contribution in [0.4, 0.5) is 0 Å². The van der Waals surface area contributed by atoms with Gasteiger partial charge in [-0.15, -0.1) is 0 Å². The average Bonchev–Trinajstić information content (AvgIpc) is 2.73. The molecule has 19 heavy (non-hydrogen) atoms. The van der Waals surface area contributed by atoms with E-state index in [0.717, 1.165) is 22.6 Å². The Morgan fingerprint density at radius 2 is 1.74 bits per heavy atom. The van der Waals surface area contributed by atoms with E-state index in [-0.39, 0.29) is 0 Å². The normalized spacial score (nSPS) is 10.6. The van der Waals surface area contributed by atoms with Gasteiger partial charge in [-0.2, -0.15) is 5.26 Å². The first kappa shape index (κ1) is 11.6. The lowest BCUT2D eigenvalue weighted by molar-refractivity contribution is 0.972. The van der Waals surface area contributed by atoms with E-state index in [1.165, 1.54) is 10.8 Å². The van der Waals surface area contributed by atoms with Gasteiger partial charge in [-0.05, 0) is 31.4 Å². The highest BCUT2D eigenvalue weighted by atomic mass is 15.0. The molecule has 0 saturated carbocycles. The first-order valence-electron chi connectivity index (χ1n) is 6.29. The molecule has 1 aromatic heterocycles. The van der Waals surface area contributed by atoms with Crippen LogP contribution in [0.2, 0.25) is 0 Å². The number of aromatic nitrogens is 1. The van der Waals surface area contributed by atoms with E-state index in [4.69, 9.17) is 5.26 Å². The third-order valence-corrected chi connectivity index (χ3v) is 3.56. The zero-order chi connectivity index (χ0) is 13.4. The quantitative estimate of drug-likeness (QED) is 0.635. The van der Waals surface area contributed by atoms with Gasteiger partial charge in [-0.25, -0.2) is 0 Å². The molecular formula is C17H14N2. The summed E-state index contributed by atoms with van der Waals surface area (Å²) in [4.78, 5) is 0. The van der Waals surface area contributed by atoms with E-state index in [0.29, 0.717) is 0 Å². The number of hydrogen-bond donors (Lipinski definition) is 0. The molecule has 0 fully saturated rings. The second-order valence-corrected chi connectivity index (χ2v) is 4.73. The number of nitriles is 1. The third kappa shape index (κ3) is 1.71. The van der Waals surface area contributed by atoms with E-state index in [9.17, 15) is 0 Å².